The summed E-state index contributed by atoms with van der Waals surface area (Å²) in [6.45, 7) is 0. The number of hydrogen-bond donors (Lipinski definition) is 2. The molecule has 0 heterocycles. The summed E-state index contributed by atoms with van der Waals surface area (Å²) < 4.78 is 0. The van der Waals surface area contributed by atoms with Crippen LogP contribution in [0.5, 0.6) is 0 Å². The molecule has 1 aromatic rings. The molecule has 3 heteroatoms. The molecule has 2 saturated carbocycles. The lowest BCUT2D eigenvalue weighted by Gasteiger charge is -2.17. The van der Waals surface area contributed by atoms with Gasteiger partial charge in [-0.1, -0.05) is 24.3 Å². The normalized spacial score (nSPS) is 22.9. The number of likely N-dealkylation sites (N-methyl/N-ethyl adjacent to an activating group) is 1. The minimum atomic E-state index is -0.268. The summed E-state index contributed by atoms with van der Waals surface area (Å²) in [5.41, 5.74) is 8.14. The van der Waals surface area contributed by atoms with Gasteiger partial charge in [-0.25, -0.2) is 0 Å². The van der Waals surface area contributed by atoms with Crippen molar-refractivity contribution in [1.82, 2.24) is 5.32 Å². The van der Waals surface area contributed by atoms with Crippen LogP contribution in [0.4, 0.5) is 0 Å². The lowest BCUT2D eigenvalue weighted by molar-refractivity contribution is -0.123. The van der Waals surface area contributed by atoms with Gasteiger partial charge in [0.25, 0.3) is 0 Å². The Morgan fingerprint density at radius 2 is 1.88 bits per heavy atom. The maximum atomic E-state index is 11.9. The fourth-order valence-electron chi connectivity index (χ4n) is 2.56. The number of amides is 1. The van der Waals surface area contributed by atoms with Crippen molar-refractivity contribution in [1.29, 1.82) is 0 Å². The van der Waals surface area contributed by atoms with E-state index in [1.54, 1.807) is 7.05 Å². The second-order valence-corrected chi connectivity index (χ2v) is 5.40. The van der Waals surface area contributed by atoms with Gasteiger partial charge in [0.05, 0.1) is 5.41 Å². The van der Waals surface area contributed by atoms with Crippen molar-refractivity contribution in [3.63, 3.8) is 0 Å². The second-order valence-electron chi connectivity index (χ2n) is 5.40. The summed E-state index contributed by atoms with van der Waals surface area (Å²) in [5.74, 6) is 0.136. The molecule has 2 fully saturated rings. The Bertz CT molecular complexity index is 473. The zero-order valence-electron chi connectivity index (χ0n) is 10.1. The monoisotopic (exact) mass is 230 g/mol. The highest BCUT2D eigenvalue weighted by atomic mass is 16.2. The van der Waals surface area contributed by atoms with Crippen LogP contribution in [0.3, 0.4) is 0 Å². The molecule has 0 aromatic heterocycles. The van der Waals surface area contributed by atoms with Crippen LogP contribution in [-0.2, 0) is 15.7 Å². The topological polar surface area (TPSA) is 55.1 Å². The lowest BCUT2D eigenvalue weighted by atomic mass is 9.91. The van der Waals surface area contributed by atoms with Crippen molar-refractivity contribution >= 4 is 5.91 Å². The van der Waals surface area contributed by atoms with Gasteiger partial charge in [-0.15, -0.1) is 0 Å². The average molecular weight is 230 g/mol. The number of carbonyl (C=O) groups excluding carboxylic acids is 1. The van der Waals surface area contributed by atoms with E-state index in [2.05, 4.69) is 23.5 Å². The minimum absolute atomic E-state index is 0.116. The number of rotatable bonds is 3. The zero-order chi connectivity index (χ0) is 12.1. The molecule has 2 aliphatic rings. The highest BCUT2D eigenvalue weighted by Crippen LogP contribution is 2.50. The van der Waals surface area contributed by atoms with E-state index >= 15 is 0 Å². The first-order chi connectivity index (χ1) is 8.11. The third-order valence-corrected chi connectivity index (χ3v) is 4.19. The van der Waals surface area contributed by atoms with E-state index in [4.69, 9.17) is 5.73 Å². The van der Waals surface area contributed by atoms with E-state index in [9.17, 15) is 4.79 Å². The summed E-state index contributed by atoms with van der Waals surface area (Å²) in [5, 5.41) is 2.77. The predicted octanol–water partition coefficient (Wildman–Crippen LogP) is 1.41. The van der Waals surface area contributed by atoms with Crippen LogP contribution >= 0.6 is 0 Å². The van der Waals surface area contributed by atoms with Crippen LogP contribution in [0, 0.1) is 0 Å². The molecular formula is C14H18N2O. The van der Waals surface area contributed by atoms with Gasteiger partial charge < -0.3 is 11.1 Å². The van der Waals surface area contributed by atoms with Gasteiger partial charge in [0, 0.05) is 12.6 Å². The maximum absolute atomic E-state index is 11.9. The first-order valence-corrected chi connectivity index (χ1v) is 6.23. The first kappa shape index (κ1) is 10.8. The second kappa shape index (κ2) is 3.33. The third kappa shape index (κ3) is 1.57. The van der Waals surface area contributed by atoms with Gasteiger partial charge in [0.1, 0.15) is 0 Å². The average Bonchev–Trinajstić information content (AvgIpc) is 3.24. The molecule has 0 aliphatic heterocycles. The molecule has 0 radical (unpaired) electrons. The Balaban J connectivity index is 1.96. The minimum Gasteiger partial charge on any atom is -0.358 e. The standard InChI is InChI=1S/C14H18N2O/c1-16-12(17)13(5-6-13)10-3-2-4-11(9-10)14(15)7-8-14/h2-4,9H,5-8,15H2,1H3,(H,16,17). The van der Waals surface area contributed by atoms with Gasteiger partial charge in [-0.2, -0.15) is 0 Å². The number of benzene rings is 1. The van der Waals surface area contributed by atoms with Crippen LogP contribution in [0.1, 0.15) is 36.8 Å². The summed E-state index contributed by atoms with van der Waals surface area (Å²) >= 11 is 0. The van der Waals surface area contributed by atoms with Crippen LogP contribution in [0.15, 0.2) is 24.3 Å². The fourth-order valence-corrected chi connectivity index (χ4v) is 2.56. The van der Waals surface area contributed by atoms with Crippen molar-refractivity contribution in [2.45, 2.75) is 36.6 Å². The van der Waals surface area contributed by atoms with Gasteiger partial charge in [0.15, 0.2) is 0 Å². The molecule has 3 rings (SSSR count). The van der Waals surface area contributed by atoms with Gasteiger partial charge >= 0.3 is 0 Å². The number of nitrogens with one attached hydrogen (secondary N) is 1. The van der Waals surface area contributed by atoms with E-state index in [0.717, 1.165) is 31.2 Å². The SMILES string of the molecule is CNC(=O)C1(c2cccc(C3(N)CC3)c2)CC1. The summed E-state index contributed by atoms with van der Waals surface area (Å²) in [7, 11) is 1.71. The molecular weight excluding hydrogens is 212 g/mol. The fraction of sp³-hybridized carbons (Fsp3) is 0.500. The molecule has 3 N–H and O–H groups in total. The molecule has 0 atom stereocenters. The van der Waals surface area contributed by atoms with Gasteiger partial charge in [-0.3, -0.25) is 4.79 Å². The molecule has 1 amide bonds. The largest absolute Gasteiger partial charge is 0.358 e. The lowest BCUT2D eigenvalue weighted by Crippen LogP contribution is -2.32. The molecule has 0 saturated heterocycles. The van der Waals surface area contributed by atoms with Crippen molar-refractivity contribution in [3.8, 4) is 0 Å². The molecule has 0 bridgehead atoms. The van der Waals surface area contributed by atoms with E-state index in [0.29, 0.717) is 0 Å². The van der Waals surface area contributed by atoms with Crippen LogP contribution in [0.25, 0.3) is 0 Å². The van der Waals surface area contributed by atoms with E-state index < -0.39 is 0 Å². The molecule has 1 aromatic carbocycles. The van der Waals surface area contributed by atoms with Crippen molar-refractivity contribution in [3.05, 3.63) is 35.4 Å². The number of nitrogens with two attached hydrogens (primary N) is 1. The Kier molecular flexibility index (Phi) is 2.11. The Hall–Kier alpha value is -1.35. The highest BCUT2D eigenvalue weighted by molar-refractivity contribution is 5.91. The Morgan fingerprint density at radius 3 is 2.41 bits per heavy atom. The highest BCUT2D eigenvalue weighted by Gasteiger charge is 2.51. The zero-order valence-corrected chi connectivity index (χ0v) is 10.1. The van der Waals surface area contributed by atoms with Crippen molar-refractivity contribution in [2.24, 2.45) is 5.73 Å². The van der Waals surface area contributed by atoms with E-state index in [1.807, 2.05) is 6.07 Å². The van der Waals surface area contributed by atoms with Gasteiger partial charge in [0.2, 0.25) is 5.91 Å². The van der Waals surface area contributed by atoms with E-state index in [-0.39, 0.29) is 16.9 Å². The molecule has 90 valence electrons. The van der Waals surface area contributed by atoms with Crippen molar-refractivity contribution in [2.75, 3.05) is 7.05 Å². The van der Waals surface area contributed by atoms with E-state index in [1.165, 1.54) is 5.56 Å². The van der Waals surface area contributed by atoms with Crippen molar-refractivity contribution < 1.29 is 4.79 Å². The smallest absolute Gasteiger partial charge is 0.230 e. The quantitative estimate of drug-likeness (QED) is 0.825. The van der Waals surface area contributed by atoms with Crippen LogP contribution in [0.2, 0.25) is 0 Å². The Morgan fingerprint density at radius 1 is 1.24 bits per heavy atom. The first-order valence-electron chi connectivity index (χ1n) is 6.23. The summed E-state index contributed by atoms with van der Waals surface area (Å²) in [6, 6.07) is 8.30. The van der Waals surface area contributed by atoms with Crippen LogP contribution in [-0.4, -0.2) is 13.0 Å². The van der Waals surface area contributed by atoms with Crippen LogP contribution < -0.4 is 11.1 Å². The molecule has 0 unspecified atom stereocenters. The molecule has 3 nitrogen and oxygen atoms in total. The number of carbonyl (C=O) groups is 1. The summed E-state index contributed by atoms with van der Waals surface area (Å²) in [4.78, 5) is 11.9. The Labute approximate surface area is 101 Å². The maximum Gasteiger partial charge on any atom is 0.230 e. The number of hydrogen-bond acceptors (Lipinski definition) is 2. The predicted molar refractivity (Wildman–Crippen MR) is 66.5 cm³/mol. The molecule has 0 spiro atoms. The van der Waals surface area contributed by atoms with Gasteiger partial charge in [-0.05, 0) is 36.8 Å². The summed E-state index contributed by atoms with van der Waals surface area (Å²) in [6.07, 6.45) is 4.02. The third-order valence-electron chi connectivity index (χ3n) is 4.19. The molecule has 17 heavy (non-hydrogen) atoms. The molecule has 2 aliphatic carbocycles.